The number of rotatable bonds is 4. The van der Waals surface area contributed by atoms with Crippen molar-refractivity contribution in [3.63, 3.8) is 0 Å². The van der Waals surface area contributed by atoms with Crippen molar-refractivity contribution < 1.29 is 40.8 Å². The molecule has 5 heteroatoms. The smallest absolute Gasteiger partial charge is 0.338 e. The molecule has 0 aromatic heterocycles. The first kappa shape index (κ1) is 15.9. The standard InChI is InChI=1S/C12H14O4.Ti/c1-3-15-11(13)9-7-5-6-8-10(9)12(14)16-4-2;/h5-8H,3-4H2,1-2H3;. The third-order valence-electron chi connectivity index (χ3n) is 1.92. The minimum Gasteiger partial charge on any atom is -0.462 e. The molecule has 0 spiro atoms. The van der Waals surface area contributed by atoms with Gasteiger partial charge >= 0.3 is 11.9 Å². The van der Waals surface area contributed by atoms with Crippen LogP contribution in [0.3, 0.4) is 0 Å². The van der Waals surface area contributed by atoms with Gasteiger partial charge in [-0.25, -0.2) is 9.59 Å². The molecule has 0 saturated carbocycles. The largest absolute Gasteiger partial charge is 0.462 e. The van der Waals surface area contributed by atoms with Crippen molar-refractivity contribution in [2.24, 2.45) is 0 Å². The summed E-state index contributed by atoms with van der Waals surface area (Å²) in [6.45, 7) is 3.97. The number of benzene rings is 1. The average molecular weight is 270 g/mol. The number of hydrogen-bond acceptors (Lipinski definition) is 4. The van der Waals surface area contributed by atoms with Crippen molar-refractivity contribution >= 4 is 11.9 Å². The van der Waals surface area contributed by atoms with E-state index in [0.29, 0.717) is 0 Å². The van der Waals surface area contributed by atoms with Gasteiger partial charge in [0, 0.05) is 21.7 Å². The maximum absolute atomic E-state index is 11.5. The van der Waals surface area contributed by atoms with E-state index in [-0.39, 0.29) is 46.1 Å². The topological polar surface area (TPSA) is 52.6 Å². The van der Waals surface area contributed by atoms with E-state index in [1.807, 2.05) is 0 Å². The predicted molar refractivity (Wildman–Crippen MR) is 58.4 cm³/mol. The first-order chi connectivity index (χ1) is 7.70. The first-order valence-electron chi connectivity index (χ1n) is 5.14. The van der Waals surface area contributed by atoms with E-state index in [2.05, 4.69) is 0 Å². The van der Waals surface area contributed by atoms with Crippen molar-refractivity contribution in [3.8, 4) is 0 Å². The molecule has 0 bridgehead atoms. The van der Waals surface area contributed by atoms with Gasteiger partial charge in [-0.2, -0.15) is 0 Å². The Labute approximate surface area is 115 Å². The van der Waals surface area contributed by atoms with Gasteiger partial charge in [0.25, 0.3) is 0 Å². The van der Waals surface area contributed by atoms with Crippen molar-refractivity contribution in [2.45, 2.75) is 13.8 Å². The molecule has 1 rings (SSSR count). The summed E-state index contributed by atoms with van der Waals surface area (Å²) in [6.07, 6.45) is 0. The van der Waals surface area contributed by atoms with E-state index in [9.17, 15) is 9.59 Å². The van der Waals surface area contributed by atoms with E-state index in [1.165, 1.54) is 0 Å². The molecule has 0 fully saturated rings. The Kier molecular flexibility index (Phi) is 7.51. The van der Waals surface area contributed by atoms with Gasteiger partial charge in [-0.3, -0.25) is 0 Å². The molecule has 0 amide bonds. The minimum absolute atomic E-state index is 0. The van der Waals surface area contributed by atoms with Crippen molar-refractivity contribution in [1.82, 2.24) is 0 Å². The molecule has 0 unspecified atom stereocenters. The van der Waals surface area contributed by atoms with Gasteiger partial charge in [-0.1, -0.05) is 12.1 Å². The van der Waals surface area contributed by atoms with E-state index < -0.39 is 11.9 Å². The van der Waals surface area contributed by atoms with Gasteiger partial charge in [0.05, 0.1) is 24.3 Å². The summed E-state index contributed by atoms with van der Waals surface area (Å²) in [4.78, 5) is 23.1. The molecule has 0 N–H and O–H groups in total. The second-order valence-corrected chi connectivity index (χ2v) is 2.99. The fourth-order valence-corrected chi connectivity index (χ4v) is 1.26. The molecule has 0 heterocycles. The maximum atomic E-state index is 11.5. The number of ether oxygens (including phenoxy) is 2. The SMILES string of the molecule is CCOC(=O)c1ccccc1C(=O)OCC.[Ti]. The van der Waals surface area contributed by atoms with Crippen molar-refractivity contribution in [3.05, 3.63) is 35.4 Å². The number of carbonyl (C=O) groups excluding carboxylic acids is 2. The quantitative estimate of drug-likeness (QED) is 0.620. The van der Waals surface area contributed by atoms with E-state index in [4.69, 9.17) is 9.47 Å². The number of hydrogen-bond donors (Lipinski definition) is 0. The average Bonchev–Trinajstić information content (AvgIpc) is 2.30. The molecule has 0 aliphatic carbocycles. The normalized spacial score (nSPS) is 9.06. The van der Waals surface area contributed by atoms with Crippen LogP contribution in [0.25, 0.3) is 0 Å². The maximum Gasteiger partial charge on any atom is 0.338 e. The second kappa shape index (κ2) is 8.04. The Morgan fingerprint density at radius 3 is 1.59 bits per heavy atom. The van der Waals surface area contributed by atoms with Crippen LogP contribution in [0.1, 0.15) is 34.6 Å². The summed E-state index contributed by atoms with van der Waals surface area (Å²) >= 11 is 0. The van der Waals surface area contributed by atoms with Crippen molar-refractivity contribution in [2.75, 3.05) is 13.2 Å². The molecule has 0 atom stereocenters. The van der Waals surface area contributed by atoms with E-state index in [1.54, 1.807) is 38.1 Å². The first-order valence-corrected chi connectivity index (χ1v) is 5.14. The van der Waals surface area contributed by atoms with Crippen LogP contribution in [-0.2, 0) is 31.2 Å². The molecule has 1 aromatic rings. The zero-order valence-corrected chi connectivity index (χ0v) is 11.4. The Bertz CT molecular complexity index is 353. The fourth-order valence-electron chi connectivity index (χ4n) is 1.26. The Morgan fingerprint density at radius 2 is 1.29 bits per heavy atom. The van der Waals surface area contributed by atoms with Gasteiger partial charge < -0.3 is 9.47 Å². The third-order valence-corrected chi connectivity index (χ3v) is 1.92. The van der Waals surface area contributed by atoms with Gasteiger partial charge in [-0.15, -0.1) is 0 Å². The Hall–Kier alpha value is -1.13. The van der Waals surface area contributed by atoms with Crippen LogP contribution in [0.15, 0.2) is 24.3 Å². The summed E-state index contributed by atoms with van der Waals surface area (Å²) < 4.78 is 9.70. The zero-order chi connectivity index (χ0) is 12.0. The molecule has 0 aliphatic rings. The second-order valence-electron chi connectivity index (χ2n) is 2.99. The number of esters is 2. The van der Waals surface area contributed by atoms with Crippen molar-refractivity contribution in [1.29, 1.82) is 0 Å². The van der Waals surface area contributed by atoms with Gasteiger partial charge in [0.1, 0.15) is 0 Å². The monoisotopic (exact) mass is 270 g/mol. The molecule has 1 aromatic carbocycles. The van der Waals surface area contributed by atoms with E-state index >= 15 is 0 Å². The molecule has 0 saturated heterocycles. The molecule has 0 radical (unpaired) electrons. The zero-order valence-electron chi connectivity index (χ0n) is 9.86. The minimum atomic E-state index is -0.508. The predicted octanol–water partition coefficient (Wildman–Crippen LogP) is 2.04. The molecular weight excluding hydrogens is 256 g/mol. The molecule has 90 valence electrons. The Balaban J connectivity index is 0.00000256. The summed E-state index contributed by atoms with van der Waals surface area (Å²) in [7, 11) is 0. The van der Waals surface area contributed by atoms with Crippen LogP contribution in [-0.4, -0.2) is 25.2 Å². The fraction of sp³-hybridized carbons (Fsp3) is 0.333. The number of carbonyl (C=O) groups is 2. The molecule has 0 aliphatic heterocycles. The Morgan fingerprint density at radius 1 is 0.941 bits per heavy atom. The summed E-state index contributed by atoms with van der Waals surface area (Å²) in [5.41, 5.74) is 0.477. The van der Waals surface area contributed by atoms with Gasteiger partial charge in [0.2, 0.25) is 0 Å². The van der Waals surface area contributed by atoms with Gasteiger partial charge in [0.15, 0.2) is 0 Å². The van der Waals surface area contributed by atoms with Crippen LogP contribution < -0.4 is 0 Å². The third kappa shape index (κ3) is 4.33. The van der Waals surface area contributed by atoms with Crippen LogP contribution in [0, 0.1) is 0 Å². The summed E-state index contributed by atoms with van der Waals surface area (Å²) in [5.74, 6) is -1.02. The van der Waals surface area contributed by atoms with Crippen LogP contribution in [0.5, 0.6) is 0 Å². The van der Waals surface area contributed by atoms with Crippen LogP contribution >= 0.6 is 0 Å². The van der Waals surface area contributed by atoms with Gasteiger partial charge in [-0.05, 0) is 26.0 Å². The summed E-state index contributed by atoms with van der Waals surface area (Å²) in [6, 6.07) is 6.44. The molecule has 4 nitrogen and oxygen atoms in total. The van der Waals surface area contributed by atoms with Crippen LogP contribution in [0.4, 0.5) is 0 Å². The molecular formula is C12H14O4Ti. The summed E-state index contributed by atoms with van der Waals surface area (Å²) in [5, 5.41) is 0. The molecule has 17 heavy (non-hydrogen) atoms. The van der Waals surface area contributed by atoms with Crippen LogP contribution in [0.2, 0.25) is 0 Å². The van der Waals surface area contributed by atoms with E-state index in [0.717, 1.165) is 0 Å².